The van der Waals surface area contributed by atoms with Gasteiger partial charge in [-0.05, 0) is 32.1 Å². The number of hydrogen-bond acceptors (Lipinski definition) is 2. The van der Waals surface area contributed by atoms with Crippen LogP contribution in [0.5, 0.6) is 0 Å². The zero-order valence-electron chi connectivity index (χ0n) is 15.2. The highest BCUT2D eigenvalue weighted by molar-refractivity contribution is 4.81. The van der Waals surface area contributed by atoms with E-state index >= 15 is 0 Å². The predicted molar refractivity (Wildman–Crippen MR) is 101 cm³/mol. The highest BCUT2D eigenvalue weighted by Crippen LogP contribution is 2.10. The largest absolute Gasteiger partial charge is 0.329 e. The monoisotopic (exact) mass is 310 g/mol. The highest BCUT2D eigenvalue weighted by Gasteiger charge is 1.98. The molecule has 0 saturated carbocycles. The van der Waals surface area contributed by atoms with Crippen molar-refractivity contribution in [2.45, 2.75) is 109 Å². The van der Waals surface area contributed by atoms with Crippen LogP contribution in [0.15, 0.2) is 12.2 Å². The lowest BCUT2D eigenvalue weighted by Crippen LogP contribution is -2.29. The Morgan fingerprint density at radius 3 is 1.64 bits per heavy atom. The molecule has 2 heteroatoms. The third-order valence-corrected chi connectivity index (χ3v) is 4.39. The minimum absolute atomic E-state index is 0.219. The Morgan fingerprint density at radius 1 is 0.682 bits per heavy atom. The molecule has 22 heavy (non-hydrogen) atoms. The molecule has 0 bridgehead atoms. The summed E-state index contributed by atoms with van der Waals surface area (Å²) in [6.45, 7) is 2.91. The van der Waals surface area contributed by atoms with E-state index in [1.807, 2.05) is 0 Å². The molecule has 0 aliphatic carbocycles. The number of nitrogens with two attached hydrogens (primary N) is 2. The zero-order chi connectivity index (χ0) is 16.3. The summed E-state index contributed by atoms with van der Waals surface area (Å²) >= 11 is 0. The van der Waals surface area contributed by atoms with Crippen molar-refractivity contribution in [3.8, 4) is 0 Å². The molecule has 0 aliphatic rings. The first kappa shape index (κ1) is 21.7. The van der Waals surface area contributed by atoms with Gasteiger partial charge < -0.3 is 11.5 Å². The maximum Gasteiger partial charge on any atom is 0.0163 e. The predicted octanol–water partition coefficient (Wildman–Crippen LogP) is 5.70. The molecule has 0 amide bonds. The van der Waals surface area contributed by atoms with Gasteiger partial charge in [0.05, 0.1) is 0 Å². The molecule has 4 N–H and O–H groups in total. The van der Waals surface area contributed by atoms with Gasteiger partial charge >= 0.3 is 0 Å². The van der Waals surface area contributed by atoms with E-state index in [2.05, 4.69) is 19.1 Å². The van der Waals surface area contributed by atoms with Crippen LogP contribution >= 0.6 is 0 Å². The Bertz CT molecular complexity index is 226. The van der Waals surface area contributed by atoms with E-state index in [-0.39, 0.29) is 6.04 Å². The van der Waals surface area contributed by atoms with E-state index in [0.717, 1.165) is 6.42 Å². The van der Waals surface area contributed by atoms with E-state index in [1.54, 1.807) is 0 Å². The SMILES string of the molecule is CCCCCCCC/C=C\CCCCCCCCC(N)CN. The molecule has 0 fully saturated rings. The van der Waals surface area contributed by atoms with Crippen LogP contribution in [0.3, 0.4) is 0 Å². The van der Waals surface area contributed by atoms with Gasteiger partial charge in [-0.1, -0.05) is 83.3 Å². The summed E-state index contributed by atoms with van der Waals surface area (Å²) in [7, 11) is 0. The maximum atomic E-state index is 5.80. The van der Waals surface area contributed by atoms with Crippen LogP contribution in [-0.2, 0) is 0 Å². The summed E-state index contributed by atoms with van der Waals surface area (Å²) in [5.41, 5.74) is 11.3. The van der Waals surface area contributed by atoms with Gasteiger partial charge in [-0.15, -0.1) is 0 Å². The summed E-state index contributed by atoms with van der Waals surface area (Å²) in [4.78, 5) is 0. The molecule has 2 nitrogen and oxygen atoms in total. The fourth-order valence-corrected chi connectivity index (χ4v) is 2.77. The van der Waals surface area contributed by atoms with Crippen molar-refractivity contribution < 1.29 is 0 Å². The third kappa shape index (κ3) is 17.7. The van der Waals surface area contributed by atoms with Gasteiger partial charge in [-0.2, -0.15) is 0 Å². The van der Waals surface area contributed by atoms with Crippen LogP contribution in [0, 0.1) is 0 Å². The lowest BCUT2D eigenvalue weighted by atomic mass is 10.1. The van der Waals surface area contributed by atoms with Gasteiger partial charge in [0.1, 0.15) is 0 Å². The summed E-state index contributed by atoms with van der Waals surface area (Å²) in [6, 6.07) is 0.219. The van der Waals surface area contributed by atoms with E-state index in [9.17, 15) is 0 Å². The smallest absolute Gasteiger partial charge is 0.0163 e. The Labute approximate surface area is 140 Å². The molecule has 0 rings (SSSR count). The summed E-state index contributed by atoms with van der Waals surface area (Å²) < 4.78 is 0. The summed E-state index contributed by atoms with van der Waals surface area (Å²) in [5.74, 6) is 0. The second kappa shape index (κ2) is 18.7. The lowest BCUT2D eigenvalue weighted by molar-refractivity contribution is 0.536. The average Bonchev–Trinajstić information content (AvgIpc) is 2.54. The van der Waals surface area contributed by atoms with Gasteiger partial charge in [0.25, 0.3) is 0 Å². The van der Waals surface area contributed by atoms with Crippen molar-refractivity contribution in [1.29, 1.82) is 0 Å². The molecule has 1 unspecified atom stereocenters. The molecule has 132 valence electrons. The van der Waals surface area contributed by atoms with Crippen molar-refractivity contribution in [3.63, 3.8) is 0 Å². The van der Waals surface area contributed by atoms with Gasteiger partial charge in [0.15, 0.2) is 0 Å². The quantitative estimate of drug-likeness (QED) is 0.267. The Balaban J connectivity index is 3.08. The topological polar surface area (TPSA) is 52.0 Å². The van der Waals surface area contributed by atoms with Gasteiger partial charge in [-0.25, -0.2) is 0 Å². The van der Waals surface area contributed by atoms with E-state index in [1.165, 1.54) is 89.9 Å². The van der Waals surface area contributed by atoms with E-state index < -0.39 is 0 Å². The van der Waals surface area contributed by atoms with Crippen LogP contribution in [0.4, 0.5) is 0 Å². The molecular weight excluding hydrogens is 268 g/mol. The van der Waals surface area contributed by atoms with Crippen molar-refractivity contribution in [2.24, 2.45) is 11.5 Å². The highest BCUT2D eigenvalue weighted by atomic mass is 14.7. The Morgan fingerprint density at radius 2 is 1.14 bits per heavy atom. The van der Waals surface area contributed by atoms with Crippen molar-refractivity contribution >= 4 is 0 Å². The molecule has 0 saturated heterocycles. The maximum absolute atomic E-state index is 5.80. The number of unbranched alkanes of at least 4 members (excludes halogenated alkanes) is 12. The number of hydrogen-bond donors (Lipinski definition) is 2. The fraction of sp³-hybridized carbons (Fsp3) is 0.900. The Kier molecular flexibility index (Phi) is 18.4. The second-order valence-electron chi connectivity index (χ2n) is 6.72. The Hall–Kier alpha value is -0.340. The normalized spacial score (nSPS) is 13.0. The molecule has 0 aromatic rings. The van der Waals surface area contributed by atoms with E-state index in [4.69, 9.17) is 11.5 Å². The molecule has 0 radical (unpaired) electrons. The van der Waals surface area contributed by atoms with E-state index in [0.29, 0.717) is 6.54 Å². The first-order chi connectivity index (χ1) is 10.8. The summed E-state index contributed by atoms with van der Waals surface area (Å²) in [5, 5.41) is 0. The van der Waals surface area contributed by atoms with Crippen LogP contribution in [0.1, 0.15) is 103 Å². The molecule has 0 heterocycles. The minimum atomic E-state index is 0.219. The van der Waals surface area contributed by atoms with Crippen LogP contribution in [0.2, 0.25) is 0 Å². The van der Waals surface area contributed by atoms with Crippen LogP contribution in [-0.4, -0.2) is 12.6 Å². The van der Waals surface area contributed by atoms with Crippen LogP contribution < -0.4 is 11.5 Å². The summed E-state index contributed by atoms with van der Waals surface area (Å²) in [6.07, 6.45) is 24.9. The molecule has 0 aromatic carbocycles. The second-order valence-corrected chi connectivity index (χ2v) is 6.72. The number of rotatable bonds is 17. The fourth-order valence-electron chi connectivity index (χ4n) is 2.77. The van der Waals surface area contributed by atoms with Crippen LogP contribution in [0.25, 0.3) is 0 Å². The van der Waals surface area contributed by atoms with Gasteiger partial charge in [0, 0.05) is 12.6 Å². The molecule has 0 aliphatic heterocycles. The average molecular weight is 311 g/mol. The first-order valence-electron chi connectivity index (χ1n) is 9.92. The minimum Gasteiger partial charge on any atom is -0.329 e. The molecular formula is C20H42N2. The zero-order valence-corrected chi connectivity index (χ0v) is 15.2. The van der Waals surface area contributed by atoms with Gasteiger partial charge in [0.2, 0.25) is 0 Å². The van der Waals surface area contributed by atoms with Crippen molar-refractivity contribution in [2.75, 3.05) is 6.54 Å². The third-order valence-electron chi connectivity index (χ3n) is 4.39. The lowest BCUT2D eigenvalue weighted by Gasteiger charge is -2.07. The standard InChI is InChI=1S/C20H42N2/c1-2-3-4-5-6-7-8-9-10-11-12-13-14-15-16-17-18-20(22)19-21/h9-10,20H,2-8,11-19,21-22H2,1H3/b10-9-. The van der Waals surface area contributed by atoms with Gasteiger partial charge in [-0.3, -0.25) is 0 Å². The number of allylic oxidation sites excluding steroid dienone is 2. The molecule has 1 atom stereocenters. The van der Waals surface area contributed by atoms with Crippen molar-refractivity contribution in [3.05, 3.63) is 12.2 Å². The first-order valence-corrected chi connectivity index (χ1v) is 9.92. The molecule has 0 aromatic heterocycles. The van der Waals surface area contributed by atoms with Crippen molar-refractivity contribution in [1.82, 2.24) is 0 Å². The molecule has 0 spiro atoms.